The van der Waals surface area contributed by atoms with Crippen molar-refractivity contribution in [1.82, 2.24) is 14.9 Å². The van der Waals surface area contributed by atoms with Crippen LogP contribution in [0.5, 0.6) is 6.01 Å². The molecule has 0 spiro atoms. The molecule has 40 heavy (non-hydrogen) atoms. The van der Waals surface area contributed by atoms with E-state index in [1.54, 1.807) is 0 Å². The summed E-state index contributed by atoms with van der Waals surface area (Å²) in [7, 11) is 0. The lowest BCUT2D eigenvalue weighted by Crippen LogP contribution is -2.43. The highest BCUT2D eigenvalue weighted by molar-refractivity contribution is 7.23. The maximum Gasteiger partial charge on any atom is 0.319 e. The van der Waals surface area contributed by atoms with Gasteiger partial charge in [0.1, 0.15) is 23.5 Å². The monoisotopic (exact) mass is 554 g/mol. The van der Waals surface area contributed by atoms with Gasteiger partial charge in [0.25, 0.3) is 0 Å². The van der Waals surface area contributed by atoms with Crippen LogP contribution >= 0.6 is 11.3 Å². The summed E-state index contributed by atoms with van der Waals surface area (Å²) in [6, 6.07) is 13.2. The third-order valence-electron chi connectivity index (χ3n) is 9.03. The number of nitrogen functional groups attached to an aromatic ring is 1. The molecule has 7 rings (SSSR count). The van der Waals surface area contributed by atoms with Gasteiger partial charge in [-0.15, -0.1) is 11.3 Å². The van der Waals surface area contributed by atoms with Crippen LogP contribution in [0.4, 0.5) is 10.8 Å². The van der Waals surface area contributed by atoms with Crippen molar-refractivity contribution in [2.24, 2.45) is 0 Å². The Kier molecular flexibility index (Phi) is 6.50. The first-order chi connectivity index (χ1) is 19.6. The zero-order chi connectivity index (χ0) is 27.3. The summed E-state index contributed by atoms with van der Waals surface area (Å²) in [5.74, 6) is 0.906. The van der Waals surface area contributed by atoms with Crippen molar-refractivity contribution < 1.29 is 9.47 Å². The number of ether oxygens (including phenoxy) is 2. The highest BCUT2D eigenvalue weighted by atomic mass is 32.1. The zero-order valence-electron chi connectivity index (χ0n) is 22.9. The Labute approximate surface area is 238 Å². The van der Waals surface area contributed by atoms with Crippen molar-refractivity contribution >= 4 is 43.1 Å². The molecule has 3 aliphatic rings. The van der Waals surface area contributed by atoms with Crippen LogP contribution in [-0.2, 0) is 4.74 Å². The molecule has 2 aromatic heterocycles. The van der Waals surface area contributed by atoms with E-state index in [9.17, 15) is 5.26 Å². The van der Waals surface area contributed by atoms with Crippen LogP contribution in [0.25, 0.3) is 32.1 Å². The first-order valence-corrected chi connectivity index (χ1v) is 15.1. The smallest absolute Gasteiger partial charge is 0.319 e. The van der Waals surface area contributed by atoms with Gasteiger partial charge in [-0.2, -0.15) is 15.2 Å². The second-order valence-electron chi connectivity index (χ2n) is 11.3. The maximum atomic E-state index is 9.89. The predicted molar refractivity (Wildman–Crippen MR) is 160 cm³/mol. The lowest BCUT2D eigenvalue weighted by Gasteiger charge is -2.31. The van der Waals surface area contributed by atoms with Gasteiger partial charge in [-0.3, -0.25) is 4.90 Å². The third-order valence-corrected chi connectivity index (χ3v) is 10.0. The molecule has 0 atom stereocenters. The number of thiophene rings is 1. The molecule has 0 bridgehead atoms. The normalized spacial score (nSPS) is 19.1. The lowest BCUT2D eigenvalue weighted by molar-refractivity contribution is 0.108. The molecule has 0 amide bonds. The minimum atomic E-state index is 0.119. The Morgan fingerprint density at radius 3 is 2.73 bits per heavy atom. The molecule has 0 saturated carbocycles. The molecular formula is C31H34N6O2S. The van der Waals surface area contributed by atoms with Crippen LogP contribution in [-0.4, -0.2) is 66.4 Å². The maximum absolute atomic E-state index is 9.89. The molecule has 4 aromatic rings. The van der Waals surface area contributed by atoms with E-state index in [2.05, 4.69) is 41.0 Å². The van der Waals surface area contributed by atoms with E-state index in [1.807, 2.05) is 12.1 Å². The van der Waals surface area contributed by atoms with E-state index >= 15 is 0 Å². The minimum absolute atomic E-state index is 0.119. The quantitative estimate of drug-likeness (QED) is 0.345. The molecule has 9 heteroatoms. The number of nitrogens with zero attached hydrogens (tertiary/aromatic N) is 5. The molecule has 0 radical (unpaired) electrons. The van der Waals surface area contributed by atoms with Crippen LogP contribution in [0.15, 0.2) is 30.3 Å². The van der Waals surface area contributed by atoms with Gasteiger partial charge >= 0.3 is 6.01 Å². The summed E-state index contributed by atoms with van der Waals surface area (Å²) in [5.41, 5.74) is 10.9. The summed E-state index contributed by atoms with van der Waals surface area (Å²) in [6.45, 7) is 8.15. The van der Waals surface area contributed by atoms with Gasteiger partial charge in [0.05, 0.1) is 23.2 Å². The summed E-state index contributed by atoms with van der Waals surface area (Å²) in [6.07, 6.45) is 5.76. The molecule has 8 nitrogen and oxygen atoms in total. The highest BCUT2D eigenvalue weighted by Gasteiger charge is 2.45. The average molecular weight is 555 g/mol. The number of anilines is 2. The molecule has 2 aromatic carbocycles. The fourth-order valence-corrected chi connectivity index (χ4v) is 7.96. The molecule has 3 aliphatic heterocycles. The van der Waals surface area contributed by atoms with Gasteiger partial charge in [-0.05, 0) is 80.9 Å². The van der Waals surface area contributed by atoms with Gasteiger partial charge in [0.15, 0.2) is 0 Å². The van der Waals surface area contributed by atoms with E-state index in [0.29, 0.717) is 29.8 Å². The Morgan fingerprint density at radius 1 is 1.05 bits per heavy atom. The van der Waals surface area contributed by atoms with Crippen LogP contribution in [0.2, 0.25) is 0 Å². The number of aromatic nitrogens is 2. The Bertz CT molecular complexity index is 1620. The van der Waals surface area contributed by atoms with Crippen molar-refractivity contribution in [3.8, 4) is 23.2 Å². The van der Waals surface area contributed by atoms with Crippen molar-refractivity contribution in [3.05, 3.63) is 41.5 Å². The Hall–Kier alpha value is -3.45. The van der Waals surface area contributed by atoms with Crippen LogP contribution in [0.3, 0.4) is 0 Å². The van der Waals surface area contributed by atoms with Gasteiger partial charge in [-0.25, -0.2) is 0 Å². The first kappa shape index (κ1) is 25.5. The lowest BCUT2D eigenvalue weighted by atomic mass is 9.94. The largest absolute Gasteiger partial charge is 0.461 e. The average Bonchev–Trinajstić information content (AvgIpc) is 3.56. The molecule has 0 aliphatic carbocycles. The number of hydrogen-bond donors (Lipinski definition) is 1. The summed E-state index contributed by atoms with van der Waals surface area (Å²) < 4.78 is 13.3. The van der Waals surface area contributed by atoms with Crippen molar-refractivity contribution in [3.63, 3.8) is 0 Å². The molecule has 206 valence electrons. The van der Waals surface area contributed by atoms with E-state index in [1.165, 1.54) is 37.0 Å². The summed E-state index contributed by atoms with van der Waals surface area (Å²) in [4.78, 5) is 15.0. The van der Waals surface area contributed by atoms with E-state index < -0.39 is 0 Å². The van der Waals surface area contributed by atoms with E-state index in [-0.39, 0.29) is 5.54 Å². The second-order valence-corrected chi connectivity index (χ2v) is 12.3. The van der Waals surface area contributed by atoms with Gasteiger partial charge in [-0.1, -0.05) is 18.2 Å². The molecule has 3 fully saturated rings. The summed E-state index contributed by atoms with van der Waals surface area (Å²) >= 11 is 1.46. The van der Waals surface area contributed by atoms with Crippen molar-refractivity contribution in [2.45, 2.75) is 44.6 Å². The standard InChI is InChI=1S/C31H34N6O2S/c1-20-21(22-6-2-7-25-26(22)24(18-32)28(33)40-25)8-9-23-27(20)34-30(35-29(23)36-12-5-16-38-17-15-36)39-19-31-10-3-13-37(31)14-4-11-31/h2,6-9H,3-5,10-17,19,33H2,1H3. The number of aryl methyl sites for hydroxylation is 1. The van der Waals surface area contributed by atoms with E-state index in [0.717, 1.165) is 82.7 Å². The predicted octanol–water partition coefficient (Wildman–Crippen LogP) is 5.51. The second kappa shape index (κ2) is 10.2. The van der Waals surface area contributed by atoms with Gasteiger partial charge < -0.3 is 20.1 Å². The van der Waals surface area contributed by atoms with Crippen LogP contribution < -0.4 is 15.4 Å². The SMILES string of the molecule is Cc1c(-c2cccc3sc(N)c(C#N)c23)ccc2c(N3CCCOCC3)nc(OCC34CCCN3CCC4)nc12. The highest BCUT2D eigenvalue weighted by Crippen LogP contribution is 2.43. The number of nitriles is 1. The zero-order valence-corrected chi connectivity index (χ0v) is 23.7. The molecule has 3 saturated heterocycles. The Balaban J connectivity index is 1.36. The van der Waals surface area contributed by atoms with Crippen LogP contribution in [0, 0.1) is 18.3 Å². The van der Waals surface area contributed by atoms with Gasteiger partial charge in [0.2, 0.25) is 0 Å². The van der Waals surface area contributed by atoms with Gasteiger partial charge in [0, 0.05) is 35.2 Å². The van der Waals surface area contributed by atoms with Crippen molar-refractivity contribution in [1.29, 1.82) is 5.26 Å². The minimum Gasteiger partial charge on any atom is -0.461 e. The topological polar surface area (TPSA) is 101 Å². The van der Waals surface area contributed by atoms with E-state index in [4.69, 9.17) is 25.2 Å². The first-order valence-electron chi connectivity index (χ1n) is 14.3. The fourth-order valence-electron chi connectivity index (χ4n) is 7.01. The summed E-state index contributed by atoms with van der Waals surface area (Å²) in [5, 5.41) is 12.4. The third kappa shape index (κ3) is 4.17. The fraction of sp³-hybridized carbons (Fsp3) is 0.452. The number of nitrogens with two attached hydrogens (primary N) is 1. The number of fused-ring (bicyclic) bond motifs is 3. The van der Waals surface area contributed by atoms with Crippen LogP contribution in [0.1, 0.15) is 43.2 Å². The number of benzene rings is 2. The van der Waals surface area contributed by atoms with Crippen molar-refractivity contribution in [2.75, 3.05) is 56.6 Å². The number of hydrogen-bond acceptors (Lipinski definition) is 9. The molecule has 2 N–H and O–H groups in total. The molecule has 5 heterocycles. The molecule has 0 unspecified atom stereocenters. The number of rotatable bonds is 5. The Morgan fingerprint density at radius 2 is 1.90 bits per heavy atom. The molecular weight excluding hydrogens is 520 g/mol.